The van der Waals surface area contributed by atoms with Gasteiger partial charge in [-0.25, -0.2) is 0 Å². The summed E-state index contributed by atoms with van der Waals surface area (Å²) in [4.78, 5) is 0. The fourth-order valence-electron chi connectivity index (χ4n) is 1.20. The van der Waals surface area contributed by atoms with Gasteiger partial charge in [0.15, 0.2) is 0 Å². The van der Waals surface area contributed by atoms with Gasteiger partial charge in [0, 0.05) is 13.0 Å². The second-order valence-corrected chi connectivity index (χ2v) is 3.81. The van der Waals surface area contributed by atoms with Gasteiger partial charge in [0.2, 0.25) is 0 Å². The average molecular weight is 196 g/mol. The molecule has 0 aliphatic carbocycles. The summed E-state index contributed by atoms with van der Waals surface area (Å²) < 4.78 is 1.05. The van der Waals surface area contributed by atoms with E-state index in [1.54, 1.807) is 0 Å². The van der Waals surface area contributed by atoms with Crippen molar-refractivity contribution >= 4 is 0 Å². The van der Waals surface area contributed by atoms with Gasteiger partial charge in [-0.1, -0.05) is 13.3 Å². The number of aliphatic hydroxyl groups excluding tert-OH is 1. The molecule has 3 heteroatoms. The van der Waals surface area contributed by atoms with Gasteiger partial charge in [-0.05, 0) is 6.42 Å². The van der Waals surface area contributed by atoms with Crippen LogP contribution in [0.1, 0.15) is 26.2 Å². The Morgan fingerprint density at radius 2 is 1.58 bits per heavy atom. The Kier molecular flexibility index (Phi) is 9.61. The molecule has 0 aliphatic heterocycles. The standard InChI is InChI=1S/C9H22NO.ClH/c1-4-5-7-10(2,3)8-6-9-11;/h11H,4-9H2,1-3H3;1H/q+1;/p-1. The highest BCUT2D eigenvalue weighted by Crippen LogP contribution is 2.02. The molecule has 0 unspecified atom stereocenters. The fraction of sp³-hybridized carbons (Fsp3) is 1.00. The van der Waals surface area contributed by atoms with E-state index < -0.39 is 0 Å². The summed E-state index contributed by atoms with van der Waals surface area (Å²) >= 11 is 0. The van der Waals surface area contributed by atoms with Gasteiger partial charge in [-0.2, -0.15) is 0 Å². The predicted octanol–water partition coefficient (Wildman–Crippen LogP) is -1.75. The van der Waals surface area contributed by atoms with Crippen LogP contribution in [0.4, 0.5) is 0 Å². The lowest BCUT2D eigenvalue weighted by Crippen LogP contribution is -3.00. The van der Waals surface area contributed by atoms with Gasteiger partial charge in [-0.15, -0.1) is 0 Å². The summed E-state index contributed by atoms with van der Waals surface area (Å²) in [6.07, 6.45) is 3.48. The Hall–Kier alpha value is 0.210. The minimum absolute atomic E-state index is 0. The maximum absolute atomic E-state index is 8.65. The van der Waals surface area contributed by atoms with Crippen LogP contribution in [0.2, 0.25) is 0 Å². The van der Waals surface area contributed by atoms with E-state index in [0.717, 1.165) is 17.4 Å². The second kappa shape index (κ2) is 7.84. The number of rotatable bonds is 6. The maximum atomic E-state index is 8.65. The van der Waals surface area contributed by atoms with Crippen LogP contribution in [-0.4, -0.2) is 43.4 Å². The minimum Gasteiger partial charge on any atom is -1.00 e. The molecule has 0 aliphatic rings. The van der Waals surface area contributed by atoms with Crippen LogP contribution in [0.25, 0.3) is 0 Å². The van der Waals surface area contributed by atoms with Crippen molar-refractivity contribution in [2.75, 3.05) is 33.8 Å². The van der Waals surface area contributed by atoms with Crippen molar-refractivity contribution in [3.05, 3.63) is 0 Å². The largest absolute Gasteiger partial charge is 1.00 e. The molecule has 0 fully saturated rings. The summed E-state index contributed by atoms with van der Waals surface area (Å²) in [6.45, 7) is 4.87. The molecule has 1 N–H and O–H groups in total. The lowest BCUT2D eigenvalue weighted by atomic mass is 10.3. The van der Waals surface area contributed by atoms with Crippen LogP contribution in [0.5, 0.6) is 0 Å². The van der Waals surface area contributed by atoms with E-state index >= 15 is 0 Å². The molecule has 0 saturated carbocycles. The molecule has 0 aromatic heterocycles. The highest BCUT2D eigenvalue weighted by molar-refractivity contribution is 4.37. The van der Waals surface area contributed by atoms with Crippen molar-refractivity contribution in [1.29, 1.82) is 0 Å². The SMILES string of the molecule is CCCC[N+](C)(C)CCCO.[Cl-]. The summed E-state index contributed by atoms with van der Waals surface area (Å²) in [5.74, 6) is 0. The molecular formula is C9H22ClNO. The minimum atomic E-state index is 0. The zero-order chi connectivity index (χ0) is 8.74. The van der Waals surface area contributed by atoms with Crippen molar-refractivity contribution in [2.45, 2.75) is 26.2 Å². The van der Waals surface area contributed by atoms with Crippen LogP contribution < -0.4 is 12.4 Å². The summed E-state index contributed by atoms with van der Waals surface area (Å²) in [7, 11) is 4.46. The molecule has 0 bridgehead atoms. The number of halogens is 1. The van der Waals surface area contributed by atoms with Gasteiger partial charge in [0.1, 0.15) is 0 Å². The van der Waals surface area contributed by atoms with Gasteiger partial charge in [0.05, 0.1) is 27.2 Å². The molecule has 76 valence electrons. The van der Waals surface area contributed by atoms with E-state index in [4.69, 9.17) is 5.11 Å². The third-order valence-corrected chi connectivity index (χ3v) is 2.04. The van der Waals surface area contributed by atoms with Crippen LogP contribution in [0.3, 0.4) is 0 Å². The Balaban J connectivity index is 0. The van der Waals surface area contributed by atoms with Gasteiger partial charge in [-0.3, -0.25) is 0 Å². The first-order valence-corrected chi connectivity index (χ1v) is 4.55. The van der Waals surface area contributed by atoms with Crippen LogP contribution in [0.15, 0.2) is 0 Å². The maximum Gasteiger partial charge on any atom is 0.0804 e. The molecule has 0 saturated heterocycles. The average Bonchev–Trinajstić information content (AvgIpc) is 1.97. The topological polar surface area (TPSA) is 20.2 Å². The third kappa shape index (κ3) is 8.31. The van der Waals surface area contributed by atoms with E-state index in [1.807, 2.05) is 0 Å². The Morgan fingerprint density at radius 3 is 2.00 bits per heavy atom. The van der Waals surface area contributed by atoms with Crippen LogP contribution >= 0.6 is 0 Å². The molecule has 0 rings (SSSR count). The quantitative estimate of drug-likeness (QED) is 0.499. The lowest BCUT2D eigenvalue weighted by Gasteiger charge is -2.29. The van der Waals surface area contributed by atoms with E-state index in [2.05, 4.69) is 21.0 Å². The highest BCUT2D eigenvalue weighted by Gasteiger charge is 2.12. The molecule has 0 spiro atoms. The molecule has 0 heterocycles. The summed E-state index contributed by atoms with van der Waals surface area (Å²) in [6, 6.07) is 0. The fourth-order valence-corrected chi connectivity index (χ4v) is 1.20. The molecule has 0 atom stereocenters. The molecular weight excluding hydrogens is 174 g/mol. The van der Waals surface area contributed by atoms with Crippen molar-refractivity contribution in [2.24, 2.45) is 0 Å². The first-order chi connectivity index (χ1) is 5.12. The predicted molar refractivity (Wildman–Crippen MR) is 48.5 cm³/mol. The molecule has 0 aromatic carbocycles. The van der Waals surface area contributed by atoms with Crippen LogP contribution in [-0.2, 0) is 0 Å². The number of aliphatic hydroxyl groups is 1. The van der Waals surface area contributed by atoms with Crippen molar-refractivity contribution < 1.29 is 22.0 Å². The first-order valence-electron chi connectivity index (χ1n) is 4.55. The van der Waals surface area contributed by atoms with Crippen molar-refractivity contribution in [1.82, 2.24) is 0 Å². The Bertz CT molecular complexity index is 86.5. The first kappa shape index (κ1) is 14.7. The number of unbranched alkanes of at least 4 members (excludes halogenated alkanes) is 1. The highest BCUT2D eigenvalue weighted by atomic mass is 35.5. The lowest BCUT2D eigenvalue weighted by molar-refractivity contribution is -0.890. The van der Waals surface area contributed by atoms with E-state index in [0.29, 0.717) is 6.61 Å². The Morgan fingerprint density at radius 1 is 1.08 bits per heavy atom. The van der Waals surface area contributed by atoms with Crippen molar-refractivity contribution in [3.8, 4) is 0 Å². The number of hydrogen-bond acceptors (Lipinski definition) is 1. The van der Waals surface area contributed by atoms with E-state index in [9.17, 15) is 0 Å². The molecule has 0 aromatic rings. The third-order valence-electron chi connectivity index (χ3n) is 2.04. The molecule has 2 nitrogen and oxygen atoms in total. The number of quaternary nitrogens is 1. The van der Waals surface area contributed by atoms with Gasteiger partial charge in [0.25, 0.3) is 0 Å². The molecule has 0 radical (unpaired) electrons. The summed E-state index contributed by atoms with van der Waals surface area (Å²) in [5, 5.41) is 8.65. The molecule has 12 heavy (non-hydrogen) atoms. The molecule has 0 amide bonds. The normalized spacial score (nSPS) is 11.0. The van der Waals surface area contributed by atoms with Gasteiger partial charge >= 0.3 is 0 Å². The zero-order valence-corrected chi connectivity index (χ0v) is 9.27. The smallest absolute Gasteiger partial charge is 0.0804 e. The van der Waals surface area contributed by atoms with Crippen LogP contribution in [0, 0.1) is 0 Å². The van der Waals surface area contributed by atoms with E-state index in [-0.39, 0.29) is 12.4 Å². The second-order valence-electron chi connectivity index (χ2n) is 3.81. The van der Waals surface area contributed by atoms with E-state index in [1.165, 1.54) is 19.4 Å². The number of hydrogen-bond donors (Lipinski definition) is 1. The van der Waals surface area contributed by atoms with Gasteiger partial charge < -0.3 is 22.0 Å². The monoisotopic (exact) mass is 195 g/mol. The van der Waals surface area contributed by atoms with Crippen molar-refractivity contribution in [3.63, 3.8) is 0 Å². The number of nitrogens with zero attached hydrogens (tertiary/aromatic N) is 1. The zero-order valence-electron chi connectivity index (χ0n) is 8.52. The summed E-state index contributed by atoms with van der Waals surface area (Å²) in [5.41, 5.74) is 0. The Labute approximate surface area is 82.6 Å².